The molecule has 1 aromatic carbocycles. The van der Waals surface area contributed by atoms with Crippen LogP contribution in [0.2, 0.25) is 0 Å². The van der Waals surface area contributed by atoms with E-state index in [-0.39, 0.29) is 11.9 Å². The van der Waals surface area contributed by atoms with Gasteiger partial charge in [0.05, 0.1) is 4.90 Å². The molecule has 1 aliphatic heterocycles. The molecule has 1 unspecified atom stereocenters. The summed E-state index contributed by atoms with van der Waals surface area (Å²) in [7, 11) is -1.98. The number of aryl methyl sites for hydroxylation is 2. The van der Waals surface area contributed by atoms with Gasteiger partial charge in [-0.05, 0) is 56.8 Å². The summed E-state index contributed by atoms with van der Waals surface area (Å²) in [6.07, 6.45) is 3.29. The van der Waals surface area contributed by atoms with Crippen molar-refractivity contribution in [2.24, 2.45) is 0 Å². The Labute approximate surface area is 150 Å². The number of benzene rings is 1. The molecule has 2 aliphatic rings. The van der Waals surface area contributed by atoms with Gasteiger partial charge in [0, 0.05) is 19.6 Å². The van der Waals surface area contributed by atoms with Crippen molar-refractivity contribution >= 4 is 15.7 Å². The molecule has 1 saturated heterocycles. The van der Waals surface area contributed by atoms with Crippen LogP contribution in [0.3, 0.4) is 0 Å². The fraction of sp³-hybridized carbons (Fsp3) is 0.632. The van der Waals surface area contributed by atoms with Crippen LogP contribution in [0.15, 0.2) is 23.1 Å². The molecule has 0 aromatic heterocycles. The van der Waals surface area contributed by atoms with E-state index in [1.165, 1.54) is 0 Å². The zero-order valence-electron chi connectivity index (χ0n) is 15.3. The predicted octanol–water partition coefficient (Wildman–Crippen LogP) is 2.21. The zero-order valence-corrected chi connectivity index (χ0v) is 16.2. The van der Waals surface area contributed by atoms with Crippen LogP contribution in [-0.4, -0.2) is 50.2 Å². The van der Waals surface area contributed by atoms with Gasteiger partial charge >= 0.3 is 0 Å². The number of rotatable bonds is 4. The lowest BCUT2D eigenvalue weighted by atomic mass is 10.0. The third kappa shape index (κ3) is 2.99. The van der Waals surface area contributed by atoms with Gasteiger partial charge in [0.1, 0.15) is 0 Å². The molecule has 1 atom stereocenters. The summed E-state index contributed by atoms with van der Waals surface area (Å²) in [4.78, 5) is 15.4. The van der Waals surface area contributed by atoms with Crippen LogP contribution in [0.25, 0.3) is 0 Å². The highest BCUT2D eigenvalue weighted by Gasteiger charge is 2.55. The molecule has 1 N–H and O–H groups in total. The molecule has 138 valence electrons. The number of hydrogen-bond donors (Lipinski definition) is 1. The monoisotopic (exact) mass is 364 g/mol. The molecule has 1 aromatic rings. The molecular formula is C19H28N2O3S. The van der Waals surface area contributed by atoms with Gasteiger partial charge < -0.3 is 10.2 Å². The molecule has 6 heteroatoms. The Morgan fingerprint density at radius 2 is 1.92 bits per heavy atom. The van der Waals surface area contributed by atoms with Gasteiger partial charge in [-0.2, -0.15) is 0 Å². The summed E-state index contributed by atoms with van der Waals surface area (Å²) in [5.74, 6) is -0.223. The molecular weight excluding hydrogens is 336 g/mol. The Morgan fingerprint density at radius 1 is 1.24 bits per heavy atom. The van der Waals surface area contributed by atoms with Crippen molar-refractivity contribution in [3.05, 3.63) is 29.3 Å². The Morgan fingerprint density at radius 3 is 2.52 bits per heavy atom. The molecule has 0 spiro atoms. The van der Waals surface area contributed by atoms with Crippen molar-refractivity contribution in [3.8, 4) is 0 Å². The van der Waals surface area contributed by atoms with E-state index >= 15 is 0 Å². The van der Waals surface area contributed by atoms with E-state index in [0.29, 0.717) is 17.7 Å². The lowest BCUT2D eigenvalue weighted by Crippen LogP contribution is -2.54. The van der Waals surface area contributed by atoms with Crippen molar-refractivity contribution in [2.45, 2.75) is 61.6 Å². The summed E-state index contributed by atoms with van der Waals surface area (Å²) >= 11 is 0. The minimum absolute atomic E-state index is 0.0822. The molecule has 0 radical (unpaired) electrons. The SMILES string of the molecule is Cc1ccc(C)c(S(=O)(=O)C2(C(=O)N(C)C3CCNC3)CCCC2)c1. The minimum Gasteiger partial charge on any atom is -0.340 e. The molecule has 1 heterocycles. The van der Waals surface area contributed by atoms with Gasteiger partial charge in [0.2, 0.25) is 5.91 Å². The van der Waals surface area contributed by atoms with E-state index < -0.39 is 14.6 Å². The topological polar surface area (TPSA) is 66.5 Å². The molecule has 1 saturated carbocycles. The first-order valence-electron chi connectivity index (χ1n) is 9.09. The number of hydrogen-bond acceptors (Lipinski definition) is 4. The molecule has 3 rings (SSSR count). The average molecular weight is 365 g/mol. The standard InChI is InChI=1S/C19H28N2O3S/c1-14-6-7-15(2)17(12-14)25(23,24)19(9-4-5-10-19)18(22)21(3)16-8-11-20-13-16/h6-7,12,16,20H,4-5,8-11,13H2,1-3H3. The number of likely N-dealkylation sites (N-methyl/N-ethyl adjacent to an activating group) is 1. The number of sulfone groups is 1. The van der Waals surface area contributed by atoms with E-state index in [4.69, 9.17) is 0 Å². The molecule has 1 aliphatic carbocycles. The van der Waals surface area contributed by atoms with Crippen LogP contribution in [0, 0.1) is 13.8 Å². The van der Waals surface area contributed by atoms with Crippen molar-refractivity contribution in [1.29, 1.82) is 0 Å². The third-order valence-electron chi connectivity index (χ3n) is 5.85. The average Bonchev–Trinajstić information content (AvgIpc) is 3.27. The molecule has 25 heavy (non-hydrogen) atoms. The van der Waals surface area contributed by atoms with Gasteiger partial charge in [0.15, 0.2) is 14.6 Å². The molecule has 0 bridgehead atoms. The number of amides is 1. The third-order valence-corrected chi connectivity index (χ3v) is 8.48. The first-order valence-corrected chi connectivity index (χ1v) is 10.6. The summed E-state index contributed by atoms with van der Waals surface area (Å²) in [6.45, 7) is 5.31. The highest BCUT2D eigenvalue weighted by Crippen LogP contribution is 2.43. The van der Waals surface area contributed by atoms with E-state index in [0.717, 1.165) is 43.5 Å². The van der Waals surface area contributed by atoms with E-state index in [9.17, 15) is 13.2 Å². The van der Waals surface area contributed by atoms with Crippen LogP contribution < -0.4 is 5.32 Å². The van der Waals surface area contributed by atoms with Crippen molar-refractivity contribution in [1.82, 2.24) is 10.2 Å². The fourth-order valence-electron chi connectivity index (χ4n) is 4.21. The second-order valence-electron chi connectivity index (χ2n) is 7.54. The van der Waals surface area contributed by atoms with Crippen LogP contribution in [0.5, 0.6) is 0 Å². The second kappa shape index (κ2) is 6.72. The Hall–Kier alpha value is -1.40. The smallest absolute Gasteiger partial charge is 0.244 e. The molecule has 1 amide bonds. The van der Waals surface area contributed by atoms with Gasteiger partial charge in [-0.1, -0.05) is 25.0 Å². The predicted molar refractivity (Wildman–Crippen MR) is 98.3 cm³/mol. The number of carbonyl (C=O) groups is 1. The highest BCUT2D eigenvalue weighted by molar-refractivity contribution is 7.93. The number of carbonyl (C=O) groups excluding carboxylic acids is 1. The van der Waals surface area contributed by atoms with Crippen molar-refractivity contribution in [3.63, 3.8) is 0 Å². The maximum atomic E-state index is 13.6. The highest BCUT2D eigenvalue weighted by atomic mass is 32.2. The van der Waals surface area contributed by atoms with E-state index in [1.807, 2.05) is 26.0 Å². The lowest BCUT2D eigenvalue weighted by Gasteiger charge is -2.35. The molecule has 2 fully saturated rings. The van der Waals surface area contributed by atoms with Gasteiger partial charge in [-0.15, -0.1) is 0 Å². The maximum absolute atomic E-state index is 13.6. The Balaban J connectivity index is 2.04. The number of nitrogens with one attached hydrogen (secondary N) is 1. The van der Waals surface area contributed by atoms with Crippen LogP contribution in [0.4, 0.5) is 0 Å². The fourth-order valence-corrected chi connectivity index (χ4v) is 6.66. The zero-order chi connectivity index (χ0) is 18.2. The normalized spacial score (nSPS) is 22.9. The van der Waals surface area contributed by atoms with Crippen LogP contribution >= 0.6 is 0 Å². The van der Waals surface area contributed by atoms with Crippen LogP contribution in [0.1, 0.15) is 43.2 Å². The van der Waals surface area contributed by atoms with Crippen molar-refractivity contribution < 1.29 is 13.2 Å². The largest absolute Gasteiger partial charge is 0.340 e. The van der Waals surface area contributed by atoms with E-state index in [1.54, 1.807) is 18.0 Å². The maximum Gasteiger partial charge on any atom is 0.244 e. The minimum atomic E-state index is -3.74. The van der Waals surface area contributed by atoms with Crippen molar-refractivity contribution in [2.75, 3.05) is 20.1 Å². The molecule has 5 nitrogen and oxygen atoms in total. The van der Waals surface area contributed by atoms with Gasteiger partial charge in [-0.3, -0.25) is 4.79 Å². The first kappa shape index (κ1) is 18.4. The van der Waals surface area contributed by atoms with Gasteiger partial charge in [0.25, 0.3) is 0 Å². The second-order valence-corrected chi connectivity index (χ2v) is 9.76. The Bertz CT molecular complexity index is 761. The number of nitrogens with zero attached hydrogens (tertiary/aromatic N) is 1. The van der Waals surface area contributed by atoms with Crippen LogP contribution in [-0.2, 0) is 14.6 Å². The summed E-state index contributed by atoms with van der Waals surface area (Å²) in [5, 5.41) is 3.25. The first-order chi connectivity index (χ1) is 11.8. The quantitative estimate of drug-likeness (QED) is 0.890. The summed E-state index contributed by atoms with van der Waals surface area (Å²) in [6, 6.07) is 5.54. The lowest BCUT2D eigenvalue weighted by molar-refractivity contribution is -0.134. The Kier molecular flexibility index (Phi) is 4.95. The van der Waals surface area contributed by atoms with Gasteiger partial charge in [-0.25, -0.2) is 8.42 Å². The summed E-state index contributed by atoms with van der Waals surface area (Å²) in [5.41, 5.74) is 1.62. The summed E-state index contributed by atoms with van der Waals surface area (Å²) < 4.78 is 26.0. The van der Waals surface area contributed by atoms with E-state index in [2.05, 4.69) is 5.32 Å².